The van der Waals surface area contributed by atoms with E-state index in [1.54, 1.807) is 13.8 Å². The molecule has 0 aliphatic rings. The maximum Gasteiger partial charge on any atom is 0.334 e. The van der Waals surface area contributed by atoms with Crippen molar-refractivity contribution in [2.75, 3.05) is 26.0 Å². The summed E-state index contributed by atoms with van der Waals surface area (Å²) < 4.78 is 29.0. The van der Waals surface area contributed by atoms with Crippen LogP contribution in [0, 0.1) is 0 Å². The summed E-state index contributed by atoms with van der Waals surface area (Å²) in [5.41, 5.74) is -1.88. The lowest BCUT2D eigenvalue weighted by molar-refractivity contribution is -0.136. The summed E-state index contributed by atoms with van der Waals surface area (Å²) in [6, 6.07) is 0. The Hall–Kier alpha value is -0.0431. The Kier molecular flexibility index (Phi) is 8.35. The molecule has 0 amide bonds. The summed E-state index contributed by atoms with van der Waals surface area (Å²) in [7, 11) is -5.71. The van der Waals surface area contributed by atoms with Gasteiger partial charge in [0.15, 0.2) is 19.7 Å². The van der Waals surface area contributed by atoms with Gasteiger partial charge in [0.2, 0.25) is 0 Å². The molecule has 1 unspecified atom stereocenters. The lowest BCUT2D eigenvalue weighted by Crippen LogP contribution is -2.51. The van der Waals surface area contributed by atoms with Crippen LogP contribution in [-0.4, -0.2) is 50.8 Å². The molecule has 8 heteroatoms. The van der Waals surface area contributed by atoms with Crippen molar-refractivity contribution in [1.29, 1.82) is 0 Å². The van der Waals surface area contributed by atoms with Gasteiger partial charge in [-0.1, -0.05) is 20.8 Å². The van der Waals surface area contributed by atoms with Crippen LogP contribution >= 0.6 is 7.60 Å². The normalized spacial score (nSPS) is 16.2. The summed E-state index contributed by atoms with van der Waals surface area (Å²) in [5.74, 6) is -0.504. The molecule has 0 heterocycles. The van der Waals surface area contributed by atoms with Crippen LogP contribution in [0.15, 0.2) is 0 Å². The number of carbonyl (C=O) groups excluding carboxylic acids is 1. The van der Waals surface area contributed by atoms with Gasteiger partial charge in [0.25, 0.3) is 0 Å². The van der Waals surface area contributed by atoms with Gasteiger partial charge in [-0.25, -0.2) is 0 Å². The Bertz CT molecular complexity index is 436. The SMILES string of the molecule is CCOP(=O)(CC(O)(CO[Si](C)(C)C(C)(C)C)C(C)=O)OCC. The second-order valence-electron chi connectivity index (χ2n) is 7.24. The van der Waals surface area contributed by atoms with Gasteiger partial charge >= 0.3 is 7.60 Å². The molecule has 1 N–H and O–H groups in total. The lowest BCUT2D eigenvalue weighted by atomic mass is 10.0. The molecule has 0 aliphatic heterocycles. The van der Waals surface area contributed by atoms with Crippen molar-refractivity contribution in [1.82, 2.24) is 0 Å². The van der Waals surface area contributed by atoms with Crippen molar-refractivity contribution in [3.63, 3.8) is 0 Å². The molecule has 0 bridgehead atoms. The topological polar surface area (TPSA) is 82.1 Å². The molecule has 0 aromatic carbocycles. The molecule has 0 aromatic rings. The Balaban J connectivity index is 5.28. The maximum absolute atomic E-state index is 12.7. The molecular weight excluding hydrogens is 335 g/mol. The quantitative estimate of drug-likeness (QED) is 0.469. The second-order valence-corrected chi connectivity index (χ2v) is 14.1. The van der Waals surface area contributed by atoms with Crippen LogP contribution in [0.25, 0.3) is 0 Å². The van der Waals surface area contributed by atoms with Crippen molar-refractivity contribution in [2.24, 2.45) is 0 Å². The highest BCUT2D eigenvalue weighted by atomic mass is 31.2. The van der Waals surface area contributed by atoms with Crippen LogP contribution in [0.1, 0.15) is 41.5 Å². The molecule has 0 spiro atoms. The molecule has 0 aromatic heterocycles. The van der Waals surface area contributed by atoms with Crippen molar-refractivity contribution in [2.45, 2.75) is 65.3 Å². The van der Waals surface area contributed by atoms with Crippen LogP contribution in [0.3, 0.4) is 0 Å². The highest BCUT2D eigenvalue weighted by Gasteiger charge is 2.45. The zero-order valence-corrected chi connectivity index (χ0v) is 17.7. The van der Waals surface area contributed by atoms with Crippen LogP contribution in [0.2, 0.25) is 18.1 Å². The number of hydrogen-bond acceptors (Lipinski definition) is 6. The number of hydrogen-bond donors (Lipinski definition) is 1. The van der Waals surface area contributed by atoms with E-state index in [9.17, 15) is 14.5 Å². The fourth-order valence-electron chi connectivity index (χ4n) is 1.62. The van der Waals surface area contributed by atoms with Crippen molar-refractivity contribution >= 4 is 21.7 Å². The number of rotatable bonds is 10. The van der Waals surface area contributed by atoms with Gasteiger partial charge in [-0.2, -0.15) is 0 Å². The first-order valence-corrected chi connectivity index (χ1v) is 12.6. The summed E-state index contributed by atoms with van der Waals surface area (Å²) >= 11 is 0. The van der Waals surface area contributed by atoms with E-state index in [4.69, 9.17) is 13.5 Å². The molecule has 0 saturated carbocycles. The first kappa shape index (κ1) is 23.0. The molecule has 0 fully saturated rings. The Morgan fingerprint density at radius 3 is 1.87 bits per heavy atom. The molecule has 0 saturated heterocycles. The summed E-state index contributed by atoms with van der Waals surface area (Å²) in [6.07, 6.45) is -0.397. The van der Waals surface area contributed by atoms with Gasteiger partial charge in [-0.05, 0) is 38.9 Å². The van der Waals surface area contributed by atoms with E-state index in [2.05, 4.69) is 20.8 Å². The standard InChI is InChI=1S/C15H33O6PSi/c1-9-19-22(18,20-10-2)12-15(17,13(3)16)11-21-23(7,8)14(4,5)6/h17H,9-12H2,1-8H3. The smallest absolute Gasteiger partial charge is 0.334 e. The zero-order chi connectivity index (χ0) is 18.5. The Morgan fingerprint density at radius 1 is 1.13 bits per heavy atom. The minimum Gasteiger partial charge on any atom is -0.413 e. The Labute approximate surface area is 141 Å². The first-order valence-electron chi connectivity index (χ1n) is 7.98. The largest absolute Gasteiger partial charge is 0.413 e. The number of aliphatic hydroxyl groups is 1. The molecule has 0 rings (SSSR count). The average molecular weight is 368 g/mol. The summed E-state index contributed by atoms with van der Waals surface area (Å²) in [4.78, 5) is 12.0. The predicted molar refractivity (Wildman–Crippen MR) is 94.5 cm³/mol. The van der Waals surface area contributed by atoms with E-state index < -0.39 is 33.5 Å². The third kappa shape index (κ3) is 6.76. The van der Waals surface area contributed by atoms with Crippen LogP contribution in [0.5, 0.6) is 0 Å². The second kappa shape index (κ2) is 8.36. The maximum atomic E-state index is 12.7. The Morgan fingerprint density at radius 2 is 1.57 bits per heavy atom. The lowest BCUT2D eigenvalue weighted by Gasteiger charge is -2.39. The van der Waals surface area contributed by atoms with Gasteiger partial charge in [-0.15, -0.1) is 0 Å². The molecule has 1 atom stereocenters. The molecule has 23 heavy (non-hydrogen) atoms. The van der Waals surface area contributed by atoms with Gasteiger partial charge in [0, 0.05) is 0 Å². The number of Topliss-reactive ketones (excluding diaryl/α,β-unsaturated/α-hetero) is 1. The highest BCUT2D eigenvalue weighted by molar-refractivity contribution is 7.54. The third-order valence-electron chi connectivity index (χ3n) is 4.24. The fraction of sp³-hybridized carbons (Fsp3) is 0.933. The summed E-state index contributed by atoms with van der Waals surface area (Å²) in [6.45, 7) is 15.0. The van der Waals surface area contributed by atoms with Gasteiger partial charge in [0.05, 0.1) is 26.0 Å². The molecule has 0 aliphatic carbocycles. The zero-order valence-electron chi connectivity index (χ0n) is 15.8. The van der Waals surface area contributed by atoms with E-state index in [0.717, 1.165) is 0 Å². The van der Waals surface area contributed by atoms with E-state index in [0.29, 0.717) is 0 Å². The minimum absolute atomic E-state index is 0.0613. The third-order valence-corrected chi connectivity index (χ3v) is 10.9. The fourth-order valence-corrected chi connectivity index (χ4v) is 4.65. The highest BCUT2D eigenvalue weighted by Crippen LogP contribution is 2.51. The van der Waals surface area contributed by atoms with Crippen molar-refractivity contribution in [3.05, 3.63) is 0 Å². The van der Waals surface area contributed by atoms with E-state index >= 15 is 0 Å². The van der Waals surface area contributed by atoms with E-state index in [1.165, 1.54) is 6.92 Å². The van der Waals surface area contributed by atoms with Crippen molar-refractivity contribution < 1.29 is 27.9 Å². The number of carbonyl (C=O) groups is 1. The summed E-state index contributed by atoms with van der Waals surface area (Å²) in [5, 5.41) is 10.7. The molecular formula is C15H33O6PSi. The number of ketones is 1. The van der Waals surface area contributed by atoms with Crippen LogP contribution < -0.4 is 0 Å². The molecule has 6 nitrogen and oxygen atoms in total. The van der Waals surface area contributed by atoms with Crippen molar-refractivity contribution in [3.8, 4) is 0 Å². The monoisotopic (exact) mass is 368 g/mol. The molecule has 138 valence electrons. The van der Waals surface area contributed by atoms with Crippen LogP contribution in [0.4, 0.5) is 0 Å². The van der Waals surface area contributed by atoms with Crippen LogP contribution in [-0.2, 0) is 22.8 Å². The van der Waals surface area contributed by atoms with Gasteiger partial charge < -0.3 is 18.6 Å². The average Bonchev–Trinajstić information content (AvgIpc) is 2.35. The molecule has 0 radical (unpaired) electrons. The first-order chi connectivity index (χ1) is 10.2. The minimum atomic E-state index is -3.55. The van der Waals surface area contributed by atoms with Gasteiger partial charge in [0.1, 0.15) is 0 Å². The van der Waals surface area contributed by atoms with E-state index in [1.807, 2.05) is 13.1 Å². The predicted octanol–water partition coefficient (Wildman–Crippen LogP) is 3.59. The van der Waals surface area contributed by atoms with Gasteiger partial charge in [-0.3, -0.25) is 9.36 Å². The van der Waals surface area contributed by atoms with E-state index in [-0.39, 0.29) is 24.9 Å².